The summed E-state index contributed by atoms with van der Waals surface area (Å²) >= 11 is 1.94. The number of nitrogens with one attached hydrogen (secondary N) is 1. The first kappa shape index (κ1) is 19.5. The Morgan fingerprint density at radius 3 is 2.65 bits per heavy atom. The van der Waals surface area contributed by atoms with Gasteiger partial charge in [-0.25, -0.2) is 9.18 Å². The molecular formula is C22H26FN3O4S. The van der Waals surface area contributed by atoms with Gasteiger partial charge >= 0.3 is 6.09 Å². The number of hydrogen-bond acceptors (Lipinski definition) is 6. The highest BCUT2D eigenvalue weighted by atomic mass is 32.2. The molecule has 0 unspecified atom stereocenters. The Morgan fingerprint density at radius 1 is 1.16 bits per heavy atom. The number of nitrogens with zero attached hydrogens (tertiary/aromatic N) is 2. The highest BCUT2D eigenvalue weighted by molar-refractivity contribution is 7.99. The summed E-state index contributed by atoms with van der Waals surface area (Å²) < 4.78 is 26.8. The second-order valence-corrected chi connectivity index (χ2v) is 10.2. The molecule has 0 spiro atoms. The zero-order valence-electron chi connectivity index (χ0n) is 17.2. The van der Waals surface area contributed by atoms with Crippen LogP contribution in [0.5, 0.6) is 5.75 Å². The van der Waals surface area contributed by atoms with E-state index in [0.29, 0.717) is 29.2 Å². The number of benzene rings is 1. The highest BCUT2D eigenvalue weighted by Gasteiger charge is 2.48. The quantitative estimate of drug-likeness (QED) is 0.765. The van der Waals surface area contributed by atoms with Gasteiger partial charge in [-0.3, -0.25) is 9.69 Å². The summed E-state index contributed by atoms with van der Waals surface area (Å²) in [6.07, 6.45) is 4.07. The Morgan fingerprint density at radius 2 is 1.94 bits per heavy atom. The fourth-order valence-electron chi connectivity index (χ4n) is 5.45. The first-order valence-corrected chi connectivity index (χ1v) is 12.4. The normalized spacial score (nSPS) is 31.5. The van der Waals surface area contributed by atoms with Gasteiger partial charge in [0.05, 0.1) is 17.9 Å². The summed E-state index contributed by atoms with van der Waals surface area (Å²) in [6.45, 7) is 0.507. The lowest BCUT2D eigenvalue weighted by Gasteiger charge is -2.38. The lowest BCUT2D eigenvalue weighted by Crippen LogP contribution is -2.49. The van der Waals surface area contributed by atoms with Crippen LogP contribution < -0.4 is 19.9 Å². The van der Waals surface area contributed by atoms with Crippen molar-refractivity contribution >= 4 is 35.1 Å². The summed E-state index contributed by atoms with van der Waals surface area (Å²) in [4.78, 5) is 28.5. The number of fused-ring (bicyclic) bond motifs is 5. The third kappa shape index (κ3) is 3.15. The molecule has 0 radical (unpaired) electrons. The van der Waals surface area contributed by atoms with Crippen LogP contribution in [0, 0.1) is 11.7 Å². The van der Waals surface area contributed by atoms with Gasteiger partial charge in [-0.2, -0.15) is 11.8 Å². The maximum atomic E-state index is 15.3. The van der Waals surface area contributed by atoms with Gasteiger partial charge in [0.15, 0.2) is 0 Å². The minimum atomic E-state index is -0.515. The summed E-state index contributed by atoms with van der Waals surface area (Å²) in [5.74, 6) is 2.31. The molecule has 1 N–H and O–H groups in total. The van der Waals surface area contributed by atoms with Crippen molar-refractivity contribution < 1.29 is 23.5 Å². The molecule has 3 saturated heterocycles. The van der Waals surface area contributed by atoms with Crippen LogP contribution in [0.2, 0.25) is 0 Å². The van der Waals surface area contributed by atoms with Crippen molar-refractivity contribution in [1.29, 1.82) is 0 Å². The molecule has 6 rings (SSSR count). The number of thioether (sulfide) groups is 1. The minimum absolute atomic E-state index is 0.0166. The molecule has 4 heterocycles. The molecule has 7 nitrogen and oxygen atoms in total. The molecule has 1 aromatic carbocycles. The lowest BCUT2D eigenvalue weighted by atomic mass is 9.85. The molecule has 1 saturated carbocycles. The number of carbonyl (C=O) groups is 2. The van der Waals surface area contributed by atoms with Crippen molar-refractivity contribution in [3.8, 4) is 5.75 Å². The van der Waals surface area contributed by atoms with Crippen molar-refractivity contribution in [3.63, 3.8) is 0 Å². The van der Waals surface area contributed by atoms with E-state index in [0.717, 1.165) is 43.6 Å². The molecule has 4 fully saturated rings. The van der Waals surface area contributed by atoms with Gasteiger partial charge in [-0.05, 0) is 25.7 Å². The van der Waals surface area contributed by atoms with Crippen molar-refractivity contribution in [1.82, 2.24) is 5.32 Å². The number of halogens is 1. The molecule has 2 bridgehead atoms. The number of hydrogen-bond donors (Lipinski definition) is 1. The summed E-state index contributed by atoms with van der Waals surface area (Å²) in [5, 5.41) is 2.90. The van der Waals surface area contributed by atoms with E-state index in [2.05, 4.69) is 10.2 Å². The van der Waals surface area contributed by atoms with E-state index < -0.39 is 12.2 Å². The predicted molar refractivity (Wildman–Crippen MR) is 115 cm³/mol. The Balaban J connectivity index is 1.22. The van der Waals surface area contributed by atoms with E-state index in [1.54, 1.807) is 6.07 Å². The first-order chi connectivity index (χ1) is 15.1. The Hall–Kier alpha value is -2.16. The number of carbonyl (C=O) groups excluding carboxylic acids is 2. The van der Waals surface area contributed by atoms with Gasteiger partial charge in [-0.1, -0.05) is 6.42 Å². The van der Waals surface area contributed by atoms with Crippen LogP contribution in [0.1, 0.15) is 32.1 Å². The predicted octanol–water partition coefficient (Wildman–Crippen LogP) is 2.91. The first-order valence-electron chi connectivity index (χ1n) is 11.2. The summed E-state index contributed by atoms with van der Waals surface area (Å²) in [6, 6.07) is 3.49. The van der Waals surface area contributed by atoms with Crippen molar-refractivity contribution in [2.24, 2.45) is 5.92 Å². The van der Waals surface area contributed by atoms with Crippen LogP contribution in [-0.2, 0) is 9.53 Å². The molecule has 4 aliphatic heterocycles. The highest BCUT2D eigenvalue weighted by Crippen LogP contribution is 2.45. The van der Waals surface area contributed by atoms with Crippen molar-refractivity contribution in [2.45, 2.75) is 56.3 Å². The smallest absolute Gasteiger partial charge is 0.415 e. The van der Waals surface area contributed by atoms with E-state index in [-0.39, 0.29) is 36.8 Å². The van der Waals surface area contributed by atoms with Gasteiger partial charge in [0.25, 0.3) is 0 Å². The third-order valence-electron chi connectivity index (χ3n) is 7.38. The van der Waals surface area contributed by atoms with Crippen LogP contribution >= 0.6 is 11.8 Å². The molecular weight excluding hydrogens is 421 g/mol. The fraction of sp³-hybridized carbons (Fsp3) is 0.636. The number of amides is 2. The SMILES string of the molecule is O=C(NC[C@@H]1OC(=O)N2c3cc(F)c(N4[C@@H]5CC[C@H]4CSC5)cc3OC[C@@H]12)C1CCC1. The monoisotopic (exact) mass is 447 g/mol. The van der Waals surface area contributed by atoms with Gasteiger partial charge < -0.3 is 19.7 Å². The molecule has 5 aliphatic rings. The molecule has 31 heavy (non-hydrogen) atoms. The average Bonchev–Trinajstić information content (AvgIpc) is 3.16. The molecule has 4 atom stereocenters. The maximum Gasteiger partial charge on any atom is 0.415 e. The largest absolute Gasteiger partial charge is 0.489 e. The van der Waals surface area contributed by atoms with Crippen molar-refractivity contribution in [3.05, 3.63) is 17.9 Å². The standard InChI is InChI=1S/C22H26FN3O4S/c23-15-6-17-19(7-16(15)25-13-4-5-14(25)11-31-10-13)29-9-18-20(30-22(28)26(17)18)8-24-21(27)12-2-1-3-12/h6-7,12-14,18,20H,1-5,8-11H2,(H,24,27)/t13-,14+,18-,20-/m0/s1. The molecule has 1 aromatic rings. The van der Waals surface area contributed by atoms with Gasteiger partial charge in [0, 0.05) is 41.6 Å². The molecule has 166 valence electrons. The van der Waals surface area contributed by atoms with E-state index in [1.165, 1.54) is 11.0 Å². The van der Waals surface area contributed by atoms with Crippen LogP contribution in [0.4, 0.5) is 20.6 Å². The maximum absolute atomic E-state index is 15.3. The lowest BCUT2D eigenvalue weighted by molar-refractivity contribution is -0.127. The van der Waals surface area contributed by atoms with Gasteiger partial charge in [0.1, 0.15) is 30.3 Å². The minimum Gasteiger partial charge on any atom is -0.489 e. The Bertz CT molecular complexity index is 910. The zero-order chi connectivity index (χ0) is 21.1. The number of cyclic esters (lactones) is 1. The topological polar surface area (TPSA) is 71.1 Å². The number of ether oxygens (including phenoxy) is 2. The van der Waals surface area contributed by atoms with Crippen LogP contribution in [0.25, 0.3) is 0 Å². The molecule has 0 aromatic heterocycles. The van der Waals surface area contributed by atoms with E-state index in [9.17, 15) is 9.59 Å². The Kier molecular flexibility index (Phi) is 4.70. The van der Waals surface area contributed by atoms with Crippen LogP contribution in [-0.4, -0.2) is 60.9 Å². The Labute approximate surface area is 184 Å². The van der Waals surface area contributed by atoms with Crippen LogP contribution in [0.15, 0.2) is 12.1 Å². The number of anilines is 2. The molecule has 9 heteroatoms. The van der Waals surface area contributed by atoms with Crippen molar-refractivity contribution in [2.75, 3.05) is 34.5 Å². The van der Waals surface area contributed by atoms with Gasteiger partial charge in [-0.15, -0.1) is 0 Å². The molecule has 1 aliphatic carbocycles. The zero-order valence-corrected chi connectivity index (χ0v) is 18.0. The fourth-order valence-corrected chi connectivity index (χ4v) is 6.78. The van der Waals surface area contributed by atoms with E-state index in [1.807, 2.05) is 11.8 Å². The number of rotatable bonds is 4. The summed E-state index contributed by atoms with van der Waals surface area (Å²) in [7, 11) is 0. The molecule has 2 amide bonds. The van der Waals surface area contributed by atoms with Gasteiger partial charge in [0.2, 0.25) is 5.91 Å². The van der Waals surface area contributed by atoms with E-state index in [4.69, 9.17) is 9.47 Å². The average molecular weight is 448 g/mol. The second kappa shape index (κ2) is 7.46. The van der Waals surface area contributed by atoms with Crippen LogP contribution in [0.3, 0.4) is 0 Å². The van der Waals surface area contributed by atoms with E-state index >= 15 is 4.39 Å². The second-order valence-electron chi connectivity index (χ2n) is 9.14. The summed E-state index contributed by atoms with van der Waals surface area (Å²) in [5.41, 5.74) is 0.982. The third-order valence-corrected chi connectivity index (χ3v) is 8.62.